The van der Waals surface area contributed by atoms with E-state index in [0.717, 1.165) is 44.9 Å². The van der Waals surface area contributed by atoms with Crippen molar-refractivity contribution >= 4 is 17.9 Å². The van der Waals surface area contributed by atoms with Gasteiger partial charge in [0.25, 0.3) is 0 Å². The highest BCUT2D eigenvalue weighted by Crippen LogP contribution is 2.14. The normalized spacial score (nSPS) is 12.0. The fraction of sp³-hybridized carbons (Fsp3) is 0.872. The third kappa shape index (κ3) is 34.9. The highest BCUT2D eigenvalue weighted by atomic mass is 16.6. The number of rotatable bonds is 34. The predicted octanol–water partition coefficient (Wildman–Crippen LogP) is 11.5. The molecule has 0 aromatic heterocycles. The van der Waals surface area contributed by atoms with Gasteiger partial charge >= 0.3 is 17.9 Å². The Bertz CT molecular complexity index is 704. The standard InChI is InChI=1S/C39H72O6/c1-4-6-8-10-12-14-16-18-19-21-23-25-27-29-31-33-39(42)45-37(34-43-36(3)40)35-44-38(41)32-30-28-26-24-22-20-17-15-13-11-9-7-5-2/h18-19,37H,4-17,20-35H2,1-3H3. The summed E-state index contributed by atoms with van der Waals surface area (Å²) in [5.74, 6) is -1.08. The summed E-state index contributed by atoms with van der Waals surface area (Å²) < 4.78 is 15.9. The predicted molar refractivity (Wildman–Crippen MR) is 187 cm³/mol. The largest absolute Gasteiger partial charge is 0.462 e. The number of carbonyl (C=O) groups is 3. The molecule has 0 aliphatic heterocycles. The topological polar surface area (TPSA) is 78.9 Å². The van der Waals surface area contributed by atoms with Gasteiger partial charge in [0.2, 0.25) is 0 Å². The van der Waals surface area contributed by atoms with E-state index in [1.165, 1.54) is 129 Å². The summed E-state index contributed by atoms with van der Waals surface area (Å²) >= 11 is 0. The molecule has 0 rings (SSSR count). The van der Waals surface area contributed by atoms with Gasteiger partial charge in [-0.25, -0.2) is 0 Å². The Morgan fingerprint density at radius 1 is 0.467 bits per heavy atom. The molecule has 0 fully saturated rings. The highest BCUT2D eigenvalue weighted by molar-refractivity contribution is 5.70. The molecule has 0 heterocycles. The molecule has 6 nitrogen and oxygen atoms in total. The third-order valence-corrected chi connectivity index (χ3v) is 8.33. The van der Waals surface area contributed by atoms with Crippen molar-refractivity contribution in [2.45, 2.75) is 207 Å². The fourth-order valence-corrected chi connectivity index (χ4v) is 5.46. The first-order chi connectivity index (χ1) is 22.0. The third-order valence-electron chi connectivity index (χ3n) is 8.33. The van der Waals surface area contributed by atoms with Gasteiger partial charge < -0.3 is 14.2 Å². The highest BCUT2D eigenvalue weighted by Gasteiger charge is 2.18. The molecule has 0 aromatic rings. The van der Waals surface area contributed by atoms with Gasteiger partial charge in [0.15, 0.2) is 6.10 Å². The van der Waals surface area contributed by atoms with Gasteiger partial charge in [-0.3, -0.25) is 14.4 Å². The van der Waals surface area contributed by atoms with Crippen LogP contribution in [0.15, 0.2) is 12.2 Å². The summed E-state index contributed by atoms with van der Waals surface area (Å²) in [7, 11) is 0. The molecule has 0 aliphatic carbocycles. The van der Waals surface area contributed by atoms with Gasteiger partial charge in [0.05, 0.1) is 0 Å². The van der Waals surface area contributed by atoms with E-state index in [-0.39, 0.29) is 25.2 Å². The van der Waals surface area contributed by atoms with Crippen LogP contribution in [0.2, 0.25) is 0 Å². The average Bonchev–Trinajstić information content (AvgIpc) is 3.02. The monoisotopic (exact) mass is 637 g/mol. The summed E-state index contributed by atoms with van der Waals surface area (Å²) in [5, 5.41) is 0. The first-order valence-corrected chi connectivity index (χ1v) is 19.1. The number of esters is 3. The zero-order valence-electron chi connectivity index (χ0n) is 29.9. The van der Waals surface area contributed by atoms with Crippen LogP contribution < -0.4 is 0 Å². The lowest BCUT2D eigenvalue weighted by atomic mass is 10.0. The minimum Gasteiger partial charge on any atom is -0.462 e. The Morgan fingerprint density at radius 3 is 1.24 bits per heavy atom. The molecule has 0 aromatic carbocycles. The molecule has 0 aliphatic rings. The minimum absolute atomic E-state index is 0.0807. The lowest BCUT2D eigenvalue weighted by Crippen LogP contribution is -2.30. The summed E-state index contributed by atoms with van der Waals surface area (Å²) in [4.78, 5) is 35.9. The van der Waals surface area contributed by atoms with Gasteiger partial charge in [-0.15, -0.1) is 0 Å². The smallest absolute Gasteiger partial charge is 0.306 e. The minimum atomic E-state index is -0.764. The van der Waals surface area contributed by atoms with E-state index < -0.39 is 12.1 Å². The van der Waals surface area contributed by atoms with E-state index in [2.05, 4.69) is 26.0 Å². The molecule has 0 spiro atoms. The van der Waals surface area contributed by atoms with Crippen LogP contribution in [0.3, 0.4) is 0 Å². The Morgan fingerprint density at radius 2 is 0.822 bits per heavy atom. The van der Waals surface area contributed by atoms with E-state index in [1.807, 2.05) is 0 Å². The van der Waals surface area contributed by atoms with Crippen LogP contribution in [0.1, 0.15) is 201 Å². The zero-order chi connectivity index (χ0) is 33.1. The summed E-state index contributed by atoms with van der Waals surface area (Å²) in [5.41, 5.74) is 0. The van der Waals surface area contributed by atoms with Gasteiger partial charge in [-0.05, 0) is 38.5 Å². The van der Waals surface area contributed by atoms with Crippen molar-refractivity contribution in [1.82, 2.24) is 0 Å². The molecule has 0 N–H and O–H groups in total. The second kappa shape index (κ2) is 35.0. The first kappa shape index (κ1) is 43.1. The molecule has 6 heteroatoms. The molecule has 0 saturated heterocycles. The van der Waals surface area contributed by atoms with E-state index in [4.69, 9.17) is 14.2 Å². The number of hydrogen-bond acceptors (Lipinski definition) is 6. The molecule has 1 atom stereocenters. The average molecular weight is 637 g/mol. The lowest BCUT2D eigenvalue weighted by Gasteiger charge is -2.17. The van der Waals surface area contributed by atoms with E-state index >= 15 is 0 Å². The number of allylic oxidation sites excluding steroid dienone is 2. The van der Waals surface area contributed by atoms with Crippen molar-refractivity contribution < 1.29 is 28.6 Å². The maximum absolute atomic E-state index is 12.4. The molecule has 45 heavy (non-hydrogen) atoms. The Hall–Kier alpha value is -1.85. The number of carbonyl (C=O) groups excluding carboxylic acids is 3. The molecular weight excluding hydrogens is 564 g/mol. The summed E-state index contributed by atoms with van der Waals surface area (Å²) in [6, 6.07) is 0. The molecule has 0 bridgehead atoms. The Kier molecular flexibility index (Phi) is 33.6. The SMILES string of the molecule is CCCCCCCCC=CCCCCCCCC(=O)OC(COC(C)=O)COC(=O)CCCCCCCCCCCCCCC. The quantitative estimate of drug-likeness (QED) is 0.0303. The van der Waals surface area contributed by atoms with Gasteiger partial charge in [-0.2, -0.15) is 0 Å². The molecule has 0 amide bonds. The molecular formula is C39H72O6. The molecule has 0 radical (unpaired) electrons. The van der Waals surface area contributed by atoms with Crippen molar-refractivity contribution in [1.29, 1.82) is 0 Å². The first-order valence-electron chi connectivity index (χ1n) is 19.1. The van der Waals surface area contributed by atoms with Crippen LogP contribution in [-0.2, 0) is 28.6 Å². The van der Waals surface area contributed by atoms with Crippen molar-refractivity contribution in [3.8, 4) is 0 Å². The second-order valence-corrected chi connectivity index (χ2v) is 12.9. The van der Waals surface area contributed by atoms with E-state index in [0.29, 0.717) is 12.8 Å². The van der Waals surface area contributed by atoms with Gasteiger partial charge in [-0.1, -0.05) is 154 Å². The number of unbranched alkanes of at least 4 members (excludes halogenated alkanes) is 23. The Labute approximate surface area is 278 Å². The van der Waals surface area contributed by atoms with Crippen LogP contribution in [-0.4, -0.2) is 37.2 Å². The van der Waals surface area contributed by atoms with E-state index in [1.54, 1.807) is 0 Å². The van der Waals surface area contributed by atoms with Crippen LogP contribution in [0.25, 0.3) is 0 Å². The fourth-order valence-electron chi connectivity index (χ4n) is 5.46. The van der Waals surface area contributed by atoms with Crippen LogP contribution in [0, 0.1) is 0 Å². The summed E-state index contributed by atoms with van der Waals surface area (Å²) in [6.45, 7) is 5.64. The maximum atomic E-state index is 12.4. The lowest BCUT2D eigenvalue weighted by molar-refractivity contribution is -0.166. The maximum Gasteiger partial charge on any atom is 0.306 e. The van der Waals surface area contributed by atoms with Crippen LogP contribution >= 0.6 is 0 Å². The van der Waals surface area contributed by atoms with Crippen LogP contribution in [0.4, 0.5) is 0 Å². The second-order valence-electron chi connectivity index (χ2n) is 12.9. The van der Waals surface area contributed by atoms with Gasteiger partial charge in [0.1, 0.15) is 13.2 Å². The molecule has 264 valence electrons. The van der Waals surface area contributed by atoms with E-state index in [9.17, 15) is 14.4 Å². The Balaban J connectivity index is 3.85. The van der Waals surface area contributed by atoms with Crippen molar-refractivity contribution in [3.63, 3.8) is 0 Å². The zero-order valence-corrected chi connectivity index (χ0v) is 29.9. The summed E-state index contributed by atoms with van der Waals surface area (Å²) in [6.07, 6.45) is 36.5. The number of hydrogen-bond donors (Lipinski definition) is 0. The molecule has 1 unspecified atom stereocenters. The van der Waals surface area contributed by atoms with Gasteiger partial charge in [0, 0.05) is 19.8 Å². The van der Waals surface area contributed by atoms with Crippen molar-refractivity contribution in [2.75, 3.05) is 13.2 Å². The van der Waals surface area contributed by atoms with Crippen molar-refractivity contribution in [2.24, 2.45) is 0 Å². The number of ether oxygens (including phenoxy) is 3. The van der Waals surface area contributed by atoms with Crippen molar-refractivity contribution in [3.05, 3.63) is 12.2 Å². The molecule has 0 saturated carbocycles. The van der Waals surface area contributed by atoms with Crippen LogP contribution in [0.5, 0.6) is 0 Å².